The molecule has 0 aliphatic carbocycles. The highest BCUT2D eigenvalue weighted by Gasteiger charge is 2.25. The second kappa shape index (κ2) is 9.75. The zero-order chi connectivity index (χ0) is 14.8. The number of aliphatic hydroxyl groups excluding tert-OH is 1. The molecule has 0 heterocycles. The molecule has 0 bridgehead atoms. The third-order valence-corrected chi connectivity index (χ3v) is 3.31. The minimum atomic E-state index is -0.995. The first-order chi connectivity index (χ1) is 8.96. The predicted molar refractivity (Wildman–Crippen MR) is 72.8 cm³/mol. The van der Waals surface area contributed by atoms with Crippen molar-refractivity contribution in [1.29, 1.82) is 0 Å². The van der Waals surface area contributed by atoms with Gasteiger partial charge in [0.25, 0.3) is 0 Å². The molecule has 0 aromatic heterocycles. The lowest BCUT2D eigenvalue weighted by molar-refractivity contribution is -0.143. The van der Waals surface area contributed by atoms with Crippen molar-refractivity contribution in [2.24, 2.45) is 5.92 Å². The van der Waals surface area contributed by atoms with Crippen LogP contribution in [0.5, 0.6) is 0 Å². The van der Waals surface area contributed by atoms with Crippen LogP contribution >= 0.6 is 0 Å². The fourth-order valence-corrected chi connectivity index (χ4v) is 1.76. The Morgan fingerprint density at radius 3 is 2.32 bits per heavy atom. The molecular weight excluding hydrogens is 248 g/mol. The number of carboxylic acid groups (broad SMARTS) is 1. The second-order valence-corrected chi connectivity index (χ2v) is 4.68. The molecule has 6 nitrogen and oxygen atoms in total. The Bertz CT molecular complexity index is 284. The van der Waals surface area contributed by atoms with Gasteiger partial charge in [0.1, 0.15) is 6.04 Å². The summed E-state index contributed by atoms with van der Waals surface area (Å²) in [7, 11) is 0. The van der Waals surface area contributed by atoms with E-state index in [1.54, 1.807) is 0 Å². The van der Waals surface area contributed by atoms with Crippen molar-refractivity contribution in [3.8, 4) is 0 Å². The zero-order valence-corrected chi connectivity index (χ0v) is 12.1. The van der Waals surface area contributed by atoms with Crippen molar-refractivity contribution in [2.75, 3.05) is 26.2 Å². The summed E-state index contributed by atoms with van der Waals surface area (Å²) in [5.74, 6) is -1.35. The fourth-order valence-electron chi connectivity index (χ4n) is 1.76. The maximum atomic E-state index is 11.7. The van der Waals surface area contributed by atoms with Gasteiger partial charge in [-0.25, -0.2) is 4.79 Å². The summed E-state index contributed by atoms with van der Waals surface area (Å²) in [6.07, 6.45) is 0.941. The number of hydrogen-bond donors (Lipinski definition) is 3. The molecule has 0 aliphatic rings. The smallest absolute Gasteiger partial charge is 0.326 e. The van der Waals surface area contributed by atoms with Crippen molar-refractivity contribution in [3.63, 3.8) is 0 Å². The van der Waals surface area contributed by atoms with Gasteiger partial charge in [0.2, 0.25) is 5.91 Å². The Kier molecular flexibility index (Phi) is 9.16. The van der Waals surface area contributed by atoms with E-state index >= 15 is 0 Å². The van der Waals surface area contributed by atoms with Gasteiger partial charge in [0.05, 0.1) is 6.61 Å². The predicted octanol–water partition coefficient (Wildman–Crippen LogP) is 0.306. The van der Waals surface area contributed by atoms with Crippen molar-refractivity contribution in [3.05, 3.63) is 0 Å². The summed E-state index contributed by atoms with van der Waals surface area (Å²) < 4.78 is 0. The van der Waals surface area contributed by atoms with Crippen molar-refractivity contribution < 1.29 is 19.8 Å². The normalized spacial score (nSPS) is 14.2. The molecule has 0 rings (SSSR count). The number of nitrogens with one attached hydrogen (secondary N) is 1. The van der Waals surface area contributed by atoms with Crippen molar-refractivity contribution >= 4 is 11.9 Å². The summed E-state index contributed by atoms with van der Waals surface area (Å²) >= 11 is 0. The highest BCUT2D eigenvalue weighted by atomic mass is 16.4. The molecule has 1 amide bonds. The van der Waals surface area contributed by atoms with Gasteiger partial charge in [-0.05, 0) is 12.5 Å². The summed E-state index contributed by atoms with van der Waals surface area (Å²) in [5.41, 5.74) is 0. The number of carbonyl (C=O) groups is 2. The van der Waals surface area contributed by atoms with E-state index in [-0.39, 0.29) is 24.9 Å². The quantitative estimate of drug-likeness (QED) is 0.533. The van der Waals surface area contributed by atoms with Gasteiger partial charge < -0.3 is 20.4 Å². The molecule has 0 spiro atoms. The molecule has 0 aromatic carbocycles. The number of aliphatic carboxylic acids is 1. The zero-order valence-electron chi connectivity index (χ0n) is 12.1. The summed E-state index contributed by atoms with van der Waals surface area (Å²) in [6.45, 7) is 7.51. The molecule has 2 unspecified atom stereocenters. The Labute approximate surface area is 114 Å². The number of carboxylic acids is 1. The van der Waals surface area contributed by atoms with Crippen LogP contribution in [0.25, 0.3) is 0 Å². The fraction of sp³-hybridized carbons (Fsp3) is 0.846. The standard InChI is InChI=1S/C13H26N2O4/c1-4-10(3)12(13(18)19)14-11(17)6-7-15(5-2)8-9-16/h10,12,16H,4-9H2,1-3H3,(H,14,17)(H,18,19). The van der Waals surface area contributed by atoms with Gasteiger partial charge in [-0.1, -0.05) is 27.2 Å². The van der Waals surface area contributed by atoms with E-state index in [9.17, 15) is 9.59 Å². The molecule has 19 heavy (non-hydrogen) atoms. The highest BCUT2D eigenvalue weighted by Crippen LogP contribution is 2.08. The van der Waals surface area contributed by atoms with E-state index in [1.165, 1.54) is 0 Å². The van der Waals surface area contributed by atoms with Crippen LogP contribution in [-0.2, 0) is 9.59 Å². The van der Waals surface area contributed by atoms with Crippen LogP contribution in [0.3, 0.4) is 0 Å². The van der Waals surface area contributed by atoms with E-state index in [1.807, 2.05) is 25.7 Å². The van der Waals surface area contributed by atoms with Crippen LogP contribution < -0.4 is 5.32 Å². The number of hydrogen-bond acceptors (Lipinski definition) is 4. The van der Waals surface area contributed by atoms with Gasteiger partial charge in [-0.2, -0.15) is 0 Å². The van der Waals surface area contributed by atoms with Gasteiger partial charge in [-0.15, -0.1) is 0 Å². The molecular formula is C13H26N2O4. The van der Waals surface area contributed by atoms with E-state index < -0.39 is 12.0 Å². The molecule has 112 valence electrons. The number of amides is 1. The highest BCUT2D eigenvalue weighted by molar-refractivity contribution is 5.83. The van der Waals surface area contributed by atoms with Crippen LogP contribution in [-0.4, -0.2) is 59.3 Å². The number of carbonyl (C=O) groups excluding carboxylic acids is 1. The van der Waals surface area contributed by atoms with Gasteiger partial charge >= 0.3 is 5.97 Å². The lowest BCUT2D eigenvalue weighted by Crippen LogP contribution is -2.45. The maximum absolute atomic E-state index is 11.7. The average Bonchev–Trinajstić information content (AvgIpc) is 2.39. The third-order valence-electron chi connectivity index (χ3n) is 3.31. The Hall–Kier alpha value is -1.14. The van der Waals surface area contributed by atoms with Crippen LogP contribution in [0.4, 0.5) is 0 Å². The van der Waals surface area contributed by atoms with Gasteiger partial charge in [0.15, 0.2) is 0 Å². The molecule has 0 radical (unpaired) electrons. The Morgan fingerprint density at radius 2 is 1.89 bits per heavy atom. The average molecular weight is 274 g/mol. The topological polar surface area (TPSA) is 89.9 Å². The number of nitrogens with zero attached hydrogens (tertiary/aromatic N) is 1. The maximum Gasteiger partial charge on any atom is 0.326 e. The van der Waals surface area contributed by atoms with Gasteiger partial charge in [0, 0.05) is 19.5 Å². The largest absolute Gasteiger partial charge is 0.480 e. The van der Waals surface area contributed by atoms with Crippen molar-refractivity contribution in [1.82, 2.24) is 10.2 Å². The molecule has 0 aliphatic heterocycles. The third kappa shape index (κ3) is 7.12. The lowest BCUT2D eigenvalue weighted by Gasteiger charge is -2.22. The van der Waals surface area contributed by atoms with Gasteiger partial charge in [-0.3, -0.25) is 4.79 Å². The summed E-state index contributed by atoms with van der Waals surface area (Å²) in [5, 5.41) is 20.5. The number of rotatable bonds is 10. The molecule has 3 N–H and O–H groups in total. The second-order valence-electron chi connectivity index (χ2n) is 4.68. The lowest BCUT2D eigenvalue weighted by atomic mass is 9.99. The monoisotopic (exact) mass is 274 g/mol. The van der Waals surface area contributed by atoms with Crippen LogP contribution in [0, 0.1) is 5.92 Å². The molecule has 0 saturated heterocycles. The minimum Gasteiger partial charge on any atom is -0.480 e. The SMILES string of the molecule is CCC(C)C(NC(=O)CCN(CC)CCO)C(=O)O. The molecule has 2 atom stereocenters. The van der Waals surface area contributed by atoms with E-state index in [0.29, 0.717) is 19.5 Å². The summed E-state index contributed by atoms with van der Waals surface area (Å²) in [6, 6.07) is -0.828. The Balaban J connectivity index is 4.23. The first-order valence-electron chi connectivity index (χ1n) is 6.81. The van der Waals surface area contributed by atoms with Crippen LogP contribution in [0.1, 0.15) is 33.6 Å². The Morgan fingerprint density at radius 1 is 1.26 bits per heavy atom. The molecule has 6 heteroatoms. The van der Waals surface area contributed by atoms with E-state index in [4.69, 9.17) is 10.2 Å². The molecule has 0 fully saturated rings. The van der Waals surface area contributed by atoms with Crippen LogP contribution in [0.15, 0.2) is 0 Å². The molecule has 0 aromatic rings. The first-order valence-corrected chi connectivity index (χ1v) is 6.81. The van der Waals surface area contributed by atoms with E-state index in [2.05, 4.69) is 5.32 Å². The van der Waals surface area contributed by atoms with Crippen molar-refractivity contribution in [2.45, 2.75) is 39.7 Å². The van der Waals surface area contributed by atoms with E-state index in [0.717, 1.165) is 6.54 Å². The van der Waals surface area contributed by atoms with Crippen LogP contribution in [0.2, 0.25) is 0 Å². The number of likely N-dealkylation sites (N-methyl/N-ethyl adjacent to an activating group) is 1. The first kappa shape index (κ1) is 17.9. The molecule has 0 saturated carbocycles. The minimum absolute atomic E-state index is 0.0556. The number of aliphatic hydroxyl groups is 1. The summed E-state index contributed by atoms with van der Waals surface area (Å²) in [4.78, 5) is 24.8.